The Balaban J connectivity index is 0.000000141. The van der Waals surface area contributed by atoms with E-state index in [2.05, 4.69) is 432 Å². The Hall–Kier alpha value is -14.3. The van der Waals surface area contributed by atoms with Gasteiger partial charge in [-0.3, -0.25) is 0 Å². The Morgan fingerprint density at radius 1 is 0.136 bits per heavy atom. The molecule has 0 saturated carbocycles. The summed E-state index contributed by atoms with van der Waals surface area (Å²) in [7, 11) is 0. The smallest absolute Gasteiger partial charge is 0.0473 e. The van der Waals surface area contributed by atoms with Crippen molar-refractivity contribution in [3.05, 3.63) is 435 Å². The molecule has 20 aromatic carbocycles. The van der Waals surface area contributed by atoms with Crippen molar-refractivity contribution in [2.45, 2.75) is 12.8 Å². The van der Waals surface area contributed by atoms with Crippen LogP contribution in [-0.2, 0) is 12.8 Å². The number of benzene rings is 20. The van der Waals surface area contributed by atoms with Crippen LogP contribution in [0.15, 0.2) is 413 Å². The molecule has 0 N–H and O–H groups in total. The van der Waals surface area contributed by atoms with E-state index in [-0.39, 0.29) is 0 Å². The molecule has 0 aliphatic heterocycles. The number of para-hydroxylation sites is 4. The SMILES string of the molecule is c1ccc(N(c2ccc(-c3ccc(N(c4ccccc4)c4cc5ccc6cccc7ccc(c4)c5c67)cc3)cc2)c2cc3ccc4cccc5ccc(c2)c3c45)cc1.c1ccc(N(c2ccc(-c3ccc(N(c4ccccc4)c4ccc5c(c4)Cc4ccccc4-5)cc3)cc2)c2ccc3c(c2)Cc2ccccc2-3)cc1. The predicted octanol–water partition coefficient (Wildman–Crippen LogP) is 29.5. The fraction of sp³-hybridized carbons (Fsp3) is 0.0189. The summed E-state index contributed by atoms with van der Waals surface area (Å²) in [5.74, 6) is 0. The van der Waals surface area contributed by atoms with Crippen LogP contribution in [0.4, 0.5) is 68.2 Å². The van der Waals surface area contributed by atoms with E-state index in [0.717, 1.165) is 69.7 Å². The Labute approximate surface area is 640 Å². The van der Waals surface area contributed by atoms with E-state index in [1.807, 2.05) is 0 Å². The van der Waals surface area contributed by atoms with Gasteiger partial charge in [0, 0.05) is 68.2 Å². The van der Waals surface area contributed by atoms with Crippen molar-refractivity contribution in [3.8, 4) is 44.5 Å². The Morgan fingerprint density at radius 3 is 0.664 bits per heavy atom. The van der Waals surface area contributed by atoms with Crippen LogP contribution in [0.5, 0.6) is 0 Å². The molecule has 0 bridgehead atoms. The van der Waals surface area contributed by atoms with Crippen LogP contribution in [0, 0.1) is 0 Å². The predicted molar refractivity (Wildman–Crippen MR) is 466 cm³/mol. The van der Waals surface area contributed by atoms with E-state index >= 15 is 0 Å². The first-order valence-electron chi connectivity index (χ1n) is 38.1. The summed E-state index contributed by atoms with van der Waals surface area (Å²) in [5, 5.41) is 15.5. The minimum absolute atomic E-state index is 0.972. The zero-order valence-electron chi connectivity index (χ0n) is 60.5. The number of rotatable bonds is 14. The molecule has 0 atom stereocenters. The normalized spacial score (nSPS) is 11.9. The molecule has 0 aromatic heterocycles. The van der Waals surface area contributed by atoms with E-state index in [0.29, 0.717) is 0 Å². The summed E-state index contributed by atoms with van der Waals surface area (Å²) >= 11 is 0. The largest absolute Gasteiger partial charge is 0.310 e. The van der Waals surface area contributed by atoms with E-state index in [1.54, 1.807) is 0 Å². The number of hydrogen-bond acceptors (Lipinski definition) is 4. The Morgan fingerprint density at radius 2 is 0.364 bits per heavy atom. The number of fused-ring (bicyclic) bond motifs is 6. The highest BCUT2D eigenvalue weighted by Crippen LogP contribution is 2.48. The highest BCUT2D eigenvalue weighted by Gasteiger charge is 2.25. The molecular formula is C106H72N4. The van der Waals surface area contributed by atoms with Crippen LogP contribution >= 0.6 is 0 Å². The second kappa shape index (κ2) is 26.9. The van der Waals surface area contributed by atoms with Gasteiger partial charge in [-0.2, -0.15) is 0 Å². The lowest BCUT2D eigenvalue weighted by Gasteiger charge is -2.27. The first-order valence-corrected chi connectivity index (χ1v) is 38.1. The monoisotopic (exact) mass is 1400 g/mol. The lowest BCUT2D eigenvalue weighted by atomic mass is 9.93. The van der Waals surface area contributed by atoms with Crippen molar-refractivity contribution in [2.24, 2.45) is 0 Å². The molecule has 22 rings (SSSR count). The molecule has 0 heterocycles. The van der Waals surface area contributed by atoms with Gasteiger partial charge in [0.1, 0.15) is 0 Å². The molecule has 0 radical (unpaired) electrons. The first kappa shape index (κ1) is 64.1. The van der Waals surface area contributed by atoms with Crippen LogP contribution in [0.25, 0.3) is 109 Å². The van der Waals surface area contributed by atoms with Gasteiger partial charge in [-0.25, -0.2) is 0 Å². The molecule has 2 aliphatic carbocycles. The third-order valence-electron chi connectivity index (χ3n) is 22.7. The third kappa shape index (κ3) is 11.4. The fourth-order valence-electron chi connectivity index (χ4n) is 17.6. The minimum atomic E-state index is 0.972. The van der Waals surface area contributed by atoms with Gasteiger partial charge in [-0.1, -0.05) is 267 Å². The maximum absolute atomic E-state index is 2.37. The standard InChI is InChI=1S/C56H36N2.C50H36N2/c1-3-13-47(14-4-1)57(51-33-43-21-17-39-9-7-10-40-18-22-44(34-51)55(43)53(39)40)49-29-25-37(26-30-49)38-27-31-50(32-28-38)58(48-15-5-2-6-16-48)52-35-45-23-19-41-11-8-12-42-20-24-46(36-52)56(45)54(41)42;1-3-13-41(14-4-1)51(45-27-29-49-39(33-45)31-37-11-7-9-17-47(37)49)43-23-19-35(20-24-43)36-21-25-44(26-22-36)52(42-15-5-2-6-16-42)46-28-30-50-40(34-46)32-38-12-8-10-18-48(38)50/h1-36H;1-30,33-34H,31-32H2. The van der Waals surface area contributed by atoms with E-state index in [1.165, 1.54) is 143 Å². The molecule has 4 heteroatoms. The Kier molecular flexibility index (Phi) is 15.7. The quantitative estimate of drug-likeness (QED) is 0.101. The average molecular weight is 1400 g/mol. The molecule has 110 heavy (non-hydrogen) atoms. The second-order valence-corrected chi connectivity index (χ2v) is 29.2. The zero-order chi connectivity index (χ0) is 72.6. The van der Waals surface area contributed by atoms with Gasteiger partial charge >= 0.3 is 0 Å². The van der Waals surface area contributed by atoms with Gasteiger partial charge in [-0.05, 0) is 290 Å². The van der Waals surface area contributed by atoms with E-state index < -0.39 is 0 Å². The molecule has 516 valence electrons. The number of anilines is 12. The summed E-state index contributed by atoms with van der Waals surface area (Å²) in [4.78, 5) is 9.47. The van der Waals surface area contributed by atoms with Crippen molar-refractivity contribution in [1.29, 1.82) is 0 Å². The van der Waals surface area contributed by atoms with Crippen molar-refractivity contribution in [3.63, 3.8) is 0 Å². The van der Waals surface area contributed by atoms with Crippen LogP contribution in [0.3, 0.4) is 0 Å². The highest BCUT2D eigenvalue weighted by molar-refractivity contribution is 6.25. The lowest BCUT2D eigenvalue weighted by molar-refractivity contribution is 1.23. The topological polar surface area (TPSA) is 13.0 Å². The summed E-state index contributed by atoms with van der Waals surface area (Å²) in [5.41, 5.74) is 29.4. The molecule has 0 amide bonds. The average Bonchev–Trinajstić information content (AvgIpc) is 0.938. The summed E-state index contributed by atoms with van der Waals surface area (Å²) in [6.45, 7) is 0. The van der Waals surface area contributed by atoms with Gasteiger partial charge in [-0.15, -0.1) is 0 Å². The molecule has 20 aromatic rings. The Bertz CT molecular complexity index is 6260. The minimum Gasteiger partial charge on any atom is -0.310 e. The fourth-order valence-corrected chi connectivity index (χ4v) is 17.6. The molecule has 0 saturated heterocycles. The van der Waals surface area contributed by atoms with Crippen LogP contribution in [0.2, 0.25) is 0 Å². The van der Waals surface area contributed by atoms with Crippen LogP contribution in [0.1, 0.15) is 22.3 Å². The summed E-state index contributed by atoms with van der Waals surface area (Å²) in [6, 6.07) is 151. The van der Waals surface area contributed by atoms with E-state index in [9.17, 15) is 0 Å². The highest BCUT2D eigenvalue weighted by atomic mass is 15.2. The maximum Gasteiger partial charge on any atom is 0.0473 e. The zero-order valence-corrected chi connectivity index (χ0v) is 60.5. The van der Waals surface area contributed by atoms with Gasteiger partial charge < -0.3 is 19.6 Å². The lowest BCUT2D eigenvalue weighted by Crippen LogP contribution is -2.10. The van der Waals surface area contributed by atoms with Gasteiger partial charge in [0.15, 0.2) is 0 Å². The van der Waals surface area contributed by atoms with Crippen molar-refractivity contribution in [1.82, 2.24) is 0 Å². The summed E-state index contributed by atoms with van der Waals surface area (Å²) in [6.07, 6.45) is 1.94. The summed E-state index contributed by atoms with van der Waals surface area (Å²) < 4.78 is 0. The van der Waals surface area contributed by atoms with Crippen molar-refractivity contribution < 1.29 is 0 Å². The van der Waals surface area contributed by atoms with Crippen LogP contribution in [-0.4, -0.2) is 0 Å². The molecule has 2 aliphatic rings. The maximum atomic E-state index is 2.37. The molecule has 0 spiro atoms. The second-order valence-electron chi connectivity index (χ2n) is 29.2. The number of hydrogen-bond donors (Lipinski definition) is 0. The molecule has 4 nitrogen and oxygen atoms in total. The molecule has 0 unspecified atom stereocenters. The van der Waals surface area contributed by atoms with E-state index in [4.69, 9.17) is 0 Å². The van der Waals surface area contributed by atoms with Gasteiger partial charge in [0.05, 0.1) is 0 Å². The van der Waals surface area contributed by atoms with Gasteiger partial charge in [0.2, 0.25) is 0 Å². The third-order valence-corrected chi connectivity index (χ3v) is 22.7. The van der Waals surface area contributed by atoms with Crippen molar-refractivity contribution >= 4 is 133 Å². The first-order chi connectivity index (χ1) is 54.5. The van der Waals surface area contributed by atoms with Crippen LogP contribution < -0.4 is 19.6 Å². The number of nitrogens with zero attached hydrogens (tertiary/aromatic N) is 4. The molecule has 0 fully saturated rings. The van der Waals surface area contributed by atoms with Gasteiger partial charge in [0.25, 0.3) is 0 Å². The molecular weight excluding hydrogens is 1330 g/mol. The van der Waals surface area contributed by atoms with Crippen molar-refractivity contribution in [2.75, 3.05) is 19.6 Å².